The maximum absolute atomic E-state index is 12.2. The van der Waals surface area contributed by atoms with E-state index >= 15 is 0 Å². The first-order valence-corrected chi connectivity index (χ1v) is 9.45. The number of amides is 1. The van der Waals surface area contributed by atoms with Gasteiger partial charge in [0.1, 0.15) is 6.61 Å². The minimum atomic E-state index is -0.433. The topological polar surface area (TPSA) is 59.9 Å². The van der Waals surface area contributed by atoms with Crippen molar-refractivity contribution in [2.24, 2.45) is 5.10 Å². The van der Waals surface area contributed by atoms with Crippen LogP contribution in [0.3, 0.4) is 0 Å². The quantitative estimate of drug-likeness (QED) is 0.407. The molecule has 148 valence electrons. The van der Waals surface area contributed by atoms with Crippen LogP contribution in [0.25, 0.3) is 0 Å². The highest BCUT2D eigenvalue weighted by Gasteiger charge is 2.10. The summed E-state index contributed by atoms with van der Waals surface area (Å²) in [7, 11) is 1.58. The third kappa shape index (κ3) is 5.73. The number of benzene rings is 3. The summed E-state index contributed by atoms with van der Waals surface area (Å²) < 4.78 is 11.2. The molecule has 3 rings (SSSR count). The summed E-state index contributed by atoms with van der Waals surface area (Å²) in [5.74, 6) is 0.749. The van der Waals surface area contributed by atoms with E-state index in [1.54, 1.807) is 37.4 Å². The number of carbonyl (C=O) groups is 1. The fraction of sp³-hybridized carbons (Fsp3) is 0.0909. The van der Waals surface area contributed by atoms with Gasteiger partial charge in [-0.25, -0.2) is 5.43 Å². The number of hydrogen-bond donors (Lipinski definition) is 1. The summed E-state index contributed by atoms with van der Waals surface area (Å²) in [5.41, 5.74) is 4.51. The lowest BCUT2D eigenvalue weighted by atomic mass is 10.2. The molecule has 0 aliphatic heterocycles. The number of hydrazone groups is 1. The number of ether oxygens (including phenoxy) is 2. The molecule has 29 heavy (non-hydrogen) atoms. The monoisotopic (exact) mass is 428 g/mol. The molecule has 0 aliphatic rings. The van der Waals surface area contributed by atoms with Gasteiger partial charge in [-0.15, -0.1) is 0 Å². The molecule has 0 saturated carbocycles. The van der Waals surface area contributed by atoms with Gasteiger partial charge in [-0.3, -0.25) is 4.79 Å². The maximum Gasteiger partial charge on any atom is 0.272 e. The van der Waals surface area contributed by atoms with Gasteiger partial charge in [0.25, 0.3) is 5.91 Å². The minimum absolute atomic E-state index is 0.256. The van der Waals surface area contributed by atoms with Crippen molar-refractivity contribution in [1.29, 1.82) is 0 Å². The van der Waals surface area contributed by atoms with E-state index in [1.807, 2.05) is 30.3 Å². The van der Waals surface area contributed by atoms with Gasteiger partial charge in [0.2, 0.25) is 0 Å². The summed E-state index contributed by atoms with van der Waals surface area (Å²) in [6.07, 6.45) is 1.51. The van der Waals surface area contributed by atoms with Crippen LogP contribution >= 0.6 is 23.2 Å². The zero-order chi connectivity index (χ0) is 20.6. The van der Waals surface area contributed by atoms with E-state index in [4.69, 9.17) is 32.7 Å². The maximum atomic E-state index is 12.2. The van der Waals surface area contributed by atoms with E-state index in [9.17, 15) is 4.79 Å². The van der Waals surface area contributed by atoms with Crippen LogP contribution in [0.5, 0.6) is 11.5 Å². The minimum Gasteiger partial charge on any atom is -0.493 e. The first-order chi connectivity index (χ1) is 14.1. The molecule has 3 aromatic carbocycles. The van der Waals surface area contributed by atoms with Gasteiger partial charge in [0, 0.05) is 5.02 Å². The van der Waals surface area contributed by atoms with Crippen LogP contribution in [0.15, 0.2) is 71.8 Å². The van der Waals surface area contributed by atoms with Crippen molar-refractivity contribution < 1.29 is 14.3 Å². The SMILES string of the molecule is COc1ccc(/C=N\NC(=O)c2ccc(Cl)cc2Cl)cc1OCc1ccccc1. The van der Waals surface area contributed by atoms with Crippen LogP contribution in [0.1, 0.15) is 21.5 Å². The predicted octanol–water partition coefficient (Wildman–Crippen LogP) is 5.34. The summed E-state index contributed by atoms with van der Waals surface area (Å²) in [6.45, 7) is 0.406. The highest BCUT2D eigenvalue weighted by Crippen LogP contribution is 2.28. The fourth-order valence-corrected chi connectivity index (χ4v) is 3.02. The second kappa shape index (κ2) is 9.96. The Hall–Kier alpha value is -3.02. The van der Waals surface area contributed by atoms with E-state index in [1.165, 1.54) is 12.3 Å². The van der Waals surface area contributed by atoms with Gasteiger partial charge in [-0.2, -0.15) is 5.10 Å². The van der Waals surface area contributed by atoms with E-state index in [2.05, 4.69) is 10.5 Å². The average Bonchev–Trinajstić information content (AvgIpc) is 2.73. The Kier molecular flexibility index (Phi) is 7.11. The van der Waals surface area contributed by atoms with Gasteiger partial charge in [-0.05, 0) is 47.5 Å². The lowest BCUT2D eigenvalue weighted by molar-refractivity contribution is 0.0955. The number of nitrogens with one attached hydrogen (secondary N) is 1. The number of nitrogens with zero attached hydrogens (tertiary/aromatic N) is 1. The molecule has 0 fully saturated rings. The van der Waals surface area contributed by atoms with Crippen molar-refractivity contribution in [2.75, 3.05) is 7.11 Å². The van der Waals surface area contributed by atoms with Crippen molar-refractivity contribution in [2.45, 2.75) is 6.61 Å². The lowest BCUT2D eigenvalue weighted by Gasteiger charge is -2.11. The van der Waals surface area contributed by atoms with Crippen molar-refractivity contribution in [3.8, 4) is 11.5 Å². The zero-order valence-electron chi connectivity index (χ0n) is 15.6. The number of halogens is 2. The van der Waals surface area contributed by atoms with Crippen LogP contribution in [0.4, 0.5) is 0 Å². The molecule has 5 nitrogen and oxygen atoms in total. The van der Waals surface area contributed by atoms with Crippen LogP contribution in [0, 0.1) is 0 Å². The van der Waals surface area contributed by atoms with Crippen molar-refractivity contribution >= 4 is 35.3 Å². The fourth-order valence-electron chi connectivity index (χ4n) is 2.52. The molecule has 0 aromatic heterocycles. The molecule has 0 unspecified atom stereocenters. The number of rotatable bonds is 7. The highest BCUT2D eigenvalue weighted by molar-refractivity contribution is 6.36. The molecule has 0 radical (unpaired) electrons. The highest BCUT2D eigenvalue weighted by atomic mass is 35.5. The zero-order valence-corrected chi connectivity index (χ0v) is 17.1. The van der Waals surface area contributed by atoms with Crippen LogP contribution in [-0.4, -0.2) is 19.2 Å². The molecule has 0 aliphatic carbocycles. The summed E-state index contributed by atoms with van der Waals surface area (Å²) in [5, 5.41) is 4.69. The summed E-state index contributed by atoms with van der Waals surface area (Å²) >= 11 is 11.9. The third-order valence-corrected chi connectivity index (χ3v) is 4.53. The van der Waals surface area contributed by atoms with Gasteiger partial charge < -0.3 is 9.47 Å². The van der Waals surface area contributed by atoms with E-state index in [-0.39, 0.29) is 10.6 Å². The Morgan fingerprint density at radius 2 is 1.83 bits per heavy atom. The molecule has 0 atom stereocenters. The van der Waals surface area contributed by atoms with E-state index in [0.29, 0.717) is 23.1 Å². The molecule has 3 aromatic rings. The van der Waals surface area contributed by atoms with Gasteiger partial charge in [0.05, 0.1) is 23.9 Å². The van der Waals surface area contributed by atoms with Crippen molar-refractivity contribution in [3.63, 3.8) is 0 Å². The normalized spacial score (nSPS) is 10.7. The molecule has 1 amide bonds. The molecular weight excluding hydrogens is 411 g/mol. The van der Waals surface area contributed by atoms with Crippen LogP contribution in [-0.2, 0) is 6.61 Å². The first-order valence-electron chi connectivity index (χ1n) is 8.70. The Balaban J connectivity index is 1.67. The Bertz CT molecular complexity index is 1020. The second-order valence-corrected chi connectivity index (χ2v) is 6.85. The Morgan fingerprint density at radius 1 is 1.03 bits per heavy atom. The second-order valence-electron chi connectivity index (χ2n) is 6.01. The molecule has 0 heterocycles. The Labute approximate surface area is 178 Å². The molecule has 0 spiro atoms. The smallest absolute Gasteiger partial charge is 0.272 e. The average molecular weight is 429 g/mol. The van der Waals surface area contributed by atoms with Gasteiger partial charge in [-0.1, -0.05) is 53.5 Å². The largest absolute Gasteiger partial charge is 0.493 e. The van der Waals surface area contributed by atoms with E-state index < -0.39 is 5.91 Å². The van der Waals surface area contributed by atoms with Crippen LogP contribution < -0.4 is 14.9 Å². The molecule has 1 N–H and O–H groups in total. The van der Waals surface area contributed by atoms with Crippen molar-refractivity contribution in [3.05, 3.63) is 93.5 Å². The van der Waals surface area contributed by atoms with E-state index in [0.717, 1.165) is 11.1 Å². The lowest BCUT2D eigenvalue weighted by Crippen LogP contribution is -2.18. The first kappa shape index (κ1) is 20.7. The summed E-state index contributed by atoms with van der Waals surface area (Å²) in [6, 6.07) is 19.8. The van der Waals surface area contributed by atoms with Crippen LogP contribution in [0.2, 0.25) is 10.0 Å². The molecular formula is C22H18Cl2N2O3. The number of methoxy groups -OCH3 is 1. The number of hydrogen-bond acceptors (Lipinski definition) is 4. The molecule has 0 bridgehead atoms. The Morgan fingerprint density at radius 3 is 2.55 bits per heavy atom. The standard InChI is InChI=1S/C22H18Cl2N2O3/c1-28-20-10-7-16(11-21(20)29-14-15-5-3-2-4-6-15)13-25-26-22(27)18-9-8-17(23)12-19(18)24/h2-13H,14H2,1H3,(H,26,27)/b25-13-. The number of carbonyl (C=O) groups excluding carboxylic acids is 1. The van der Waals surface area contributed by atoms with Gasteiger partial charge >= 0.3 is 0 Å². The molecule has 0 saturated heterocycles. The predicted molar refractivity (Wildman–Crippen MR) is 115 cm³/mol. The van der Waals surface area contributed by atoms with Gasteiger partial charge in [0.15, 0.2) is 11.5 Å². The van der Waals surface area contributed by atoms with Crippen molar-refractivity contribution in [1.82, 2.24) is 5.43 Å². The summed E-state index contributed by atoms with van der Waals surface area (Å²) in [4.78, 5) is 12.2. The third-order valence-electron chi connectivity index (χ3n) is 3.98. The molecule has 7 heteroatoms.